The van der Waals surface area contributed by atoms with Gasteiger partial charge in [0.25, 0.3) is 11.8 Å². The van der Waals surface area contributed by atoms with Gasteiger partial charge in [-0.2, -0.15) is 0 Å². The van der Waals surface area contributed by atoms with Gasteiger partial charge in [0.2, 0.25) is 0 Å². The van der Waals surface area contributed by atoms with Crippen LogP contribution in [0.15, 0.2) is 48.0 Å². The molecule has 1 aliphatic heterocycles. The summed E-state index contributed by atoms with van der Waals surface area (Å²) in [7, 11) is 2.98. The monoisotopic (exact) mass is 402 g/mol. The fourth-order valence-electron chi connectivity index (χ4n) is 2.66. The summed E-state index contributed by atoms with van der Waals surface area (Å²) in [5.74, 6) is -0.248. The number of halogens is 1. The zero-order valence-electron chi connectivity index (χ0n) is 14.5. The van der Waals surface area contributed by atoms with Crippen LogP contribution in [-0.4, -0.2) is 31.1 Å². The van der Waals surface area contributed by atoms with Gasteiger partial charge in [0, 0.05) is 10.6 Å². The molecule has 6 nitrogen and oxygen atoms in total. The van der Waals surface area contributed by atoms with Crippen LogP contribution in [0.2, 0.25) is 5.02 Å². The number of hydrogen-bond donors (Lipinski definition) is 1. The molecule has 0 unspecified atom stereocenters. The summed E-state index contributed by atoms with van der Waals surface area (Å²) >= 11 is 11.2. The van der Waals surface area contributed by atoms with Gasteiger partial charge in [-0.1, -0.05) is 23.7 Å². The summed E-state index contributed by atoms with van der Waals surface area (Å²) < 4.78 is 10.6. The molecule has 0 spiro atoms. The van der Waals surface area contributed by atoms with Crippen LogP contribution in [0.25, 0.3) is 6.08 Å². The van der Waals surface area contributed by atoms with Crippen LogP contribution in [0.3, 0.4) is 0 Å². The van der Waals surface area contributed by atoms with Gasteiger partial charge in [0.05, 0.1) is 19.9 Å². The van der Waals surface area contributed by atoms with Crippen molar-refractivity contribution in [3.8, 4) is 11.5 Å². The lowest BCUT2D eigenvalue weighted by atomic mass is 10.1. The Hall–Kier alpha value is -2.90. The Balaban J connectivity index is 2.10. The molecule has 0 aliphatic carbocycles. The highest BCUT2D eigenvalue weighted by molar-refractivity contribution is 7.80. The van der Waals surface area contributed by atoms with E-state index in [1.807, 2.05) is 0 Å². The van der Waals surface area contributed by atoms with E-state index in [4.69, 9.17) is 33.3 Å². The molecule has 0 radical (unpaired) electrons. The number of amides is 2. The van der Waals surface area contributed by atoms with Crippen molar-refractivity contribution in [3.63, 3.8) is 0 Å². The minimum absolute atomic E-state index is 0.0234. The van der Waals surface area contributed by atoms with E-state index in [1.54, 1.807) is 42.5 Å². The molecule has 0 atom stereocenters. The Labute approximate surface area is 166 Å². The second kappa shape index (κ2) is 7.77. The molecule has 2 aromatic rings. The summed E-state index contributed by atoms with van der Waals surface area (Å²) in [6, 6.07) is 11.8. The Morgan fingerprint density at radius 1 is 1.07 bits per heavy atom. The van der Waals surface area contributed by atoms with E-state index in [-0.39, 0.29) is 10.7 Å². The van der Waals surface area contributed by atoms with E-state index >= 15 is 0 Å². The number of thiocarbonyl (C=S) groups is 1. The first kappa shape index (κ1) is 18.9. The normalized spacial score (nSPS) is 15.7. The number of carbonyl (C=O) groups is 2. The van der Waals surface area contributed by atoms with E-state index in [0.717, 1.165) is 0 Å². The summed E-state index contributed by atoms with van der Waals surface area (Å²) in [6.45, 7) is 0. The van der Waals surface area contributed by atoms with E-state index in [0.29, 0.717) is 27.8 Å². The van der Waals surface area contributed by atoms with Crippen molar-refractivity contribution < 1.29 is 19.1 Å². The lowest BCUT2D eigenvalue weighted by Crippen LogP contribution is -2.54. The Morgan fingerprint density at radius 2 is 1.78 bits per heavy atom. The van der Waals surface area contributed by atoms with Crippen LogP contribution < -0.4 is 19.7 Å². The van der Waals surface area contributed by atoms with Crippen LogP contribution in [0.5, 0.6) is 11.5 Å². The van der Waals surface area contributed by atoms with E-state index in [1.165, 1.54) is 25.2 Å². The Kier molecular flexibility index (Phi) is 5.43. The fourth-order valence-corrected chi connectivity index (χ4v) is 3.12. The SMILES string of the molecule is COc1ccc(Cl)cc1/C=C1\C(=O)NC(=S)N(c2ccccc2OC)C1=O. The van der Waals surface area contributed by atoms with Crippen molar-refractivity contribution in [3.05, 3.63) is 58.6 Å². The number of nitrogens with one attached hydrogen (secondary N) is 1. The lowest BCUT2D eigenvalue weighted by molar-refractivity contribution is -0.122. The van der Waals surface area contributed by atoms with Crippen molar-refractivity contribution in [1.82, 2.24) is 5.32 Å². The van der Waals surface area contributed by atoms with Gasteiger partial charge in [-0.25, -0.2) is 4.90 Å². The molecule has 1 aliphatic rings. The van der Waals surface area contributed by atoms with Crippen LogP contribution in [0.4, 0.5) is 5.69 Å². The van der Waals surface area contributed by atoms with Crippen LogP contribution >= 0.6 is 23.8 Å². The molecule has 0 saturated carbocycles. The average Bonchev–Trinajstić information content (AvgIpc) is 2.65. The van der Waals surface area contributed by atoms with E-state index < -0.39 is 11.8 Å². The topological polar surface area (TPSA) is 67.9 Å². The van der Waals surface area contributed by atoms with Crippen molar-refractivity contribution in [2.45, 2.75) is 0 Å². The number of anilines is 1. The third-order valence-electron chi connectivity index (χ3n) is 3.92. The minimum atomic E-state index is -0.599. The number of ether oxygens (including phenoxy) is 2. The second-order valence-corrected chi connectivity index (χ2v) is 6.34. The van der Waals surface area contributed by atoms with Crippen LogP contribution in [0.1, 0.15) is 5.56 Å². The maximum Gasteiger partial charge on any atom is 0.270 e. The predicted molar refractivity (Wildman–Crippen MR) is 107 cm³/mol. The summed E-state index contributed by atoms with van der Waals surface area (Å²) in [5, 5.41) is 2.96. The largest absolute Gasteiger partial charge is 0.496 e. The highest BCUT2D eigenvalue weighted by Gasteiger charge is 2.35. The minimum Gasteiger partial charge on any atom is -0.496 e. The molecule has 8 heteroatoms. The van der Waals surface area contributed by atoms with Gasteiger partial charge in [-0.3, -0.25) is 14.9 Å². The molecule has 0 aromatic heterocycles. The maximum absolute atomic E-state index is 13.1. The second-order valence-electron chi connectivity index (χ2n) is 5.52. The number of hydrogen-bond acceptors (Lipinski definition) is 5. The van der Waals surface area contributed by atoms with Gasteiger partial charge in [-0.15, -0.1) is 0 Å². The Bertz CT molecular complexity index is 974. The van der Waals surface area contributed by atoms with E-state index in [2.05, 4.69) is 5.32 Å². The van der Waals surface area contributed by atoms with E-state index in [9.17, 15) is 9.59 Å². The third kappa shape index (κ3) is 3.65. The lowest BCUT2D eigenvalue weighted by Gasteiger charge is -2.29. The molecule has 1 fully saturated rings. The zero-order valence-corrected chi connectivity index (χ0v) is 16.1. The first-order valence-corrected chi connectivity index (χ1v) is 8.63. The van der Waals surface area contributed by atoms with Crippen molar-refractivity contribution >= 4 is 52.5 Å². The number of nitrogens with zero attached hydrogens (tertiary/aromatic N) is 1. The predicted octanol–water partition coefficient (Wildman–Crippen LogP) is 3.19. The number of benzene rings is 2. The molecule has 1 N–H and O–H groups in total. The molecule has 3 rings (SSSR count). The maximum atomic E-state index is 13.1. The zero-order chi connectivity index (χ0) is 19.6. The smallest absolute Gasteiger partial charge is 0.270 e. The molecule has 0 bridgehead atoms. The molecule has 1 heterocycles. The van der Waals surface area contributed by atoms with Crippen LogP contribution in [-0.2, 0) is 9.59 Å². The molecule has 138 valence electrons. The average molecular weight is 403 g/mol. The molecular weight excluding hydrogens is 388 g/mol. The van der Waals surface area contributed by atoms with Gasteiger partial charge in [0.15, 0.2) is 5.11 Å². The summed E-state index contributed by atoms with van der Waals surface area (Å²) in [6.07, 6.45) is 1.42. The standard InChI is InChI=1S/C19H15ClN2O4S/c1-25-15-8-7-12(20)9-11(15)10-13-17(23)21-19(27)22(18(13)24)14-5-3-4-6-16(14)26-2/h3-10H,1-2H3,(H,21,23,27)/b13-10+. The molecule has 27 heavy (non-hydrogen) atoms. The van der Waals surface area contributed by atoms with Gasteiger partial charge in [0.1, 0.15) is 17.1 Å². The Morgan fingerprint density at radius 3 is 2.48 bits per heavy atom. The molecule has 1 saturated heterocycles. The van der Waals surface area contributed by atoms with Crippen molar-refractivity contribution in [2.24, 2.45) is 0 Å². The first-order valence-electron chi connectivity index (χ1n) is 7.84. The van der Waals surface area contributed by atoms with Gasteiger partial charge >= 0.3 is 0 Å². The highest BCUT2D eigenvalue weighted by atomic mass is 35.5. The fraction of sp³-hybridized carbons (Fsp3) is 0.105. The first-order chi connectivity index (χ1) is 13.0. The molecular formula is C19H15ClN2O4S. The number of para-hydroxylation sites is 2. The summed E-state index contributed by atoms with van der Waals surface area (Å²) in [4.78, 5) is 26.7. The third-order valence-corrected chi connectivity index (χ3v) is 4.44. The van der Waals surface area contributed by atoms with Crippen LogP contribution in [0, 0.1) is 0 Å². The number of carbonyl (C=O) groups excluding carboxylic acids is 2. The number of methoxy groups -OCH3 is 2. The van der Waals surface area contributed by atoms with Gasteiger partial charge in [-0.05, 0) is 48.6 Å². The van der Waals surface area contributed by atoms with Crippen molar-refractivity contribution in [1.29, 1.82) is 0 Å². The quantitative estimate of drug-likeness (QED) is 0.483. The number of rotatable bonds is 4. The summed E-state index contributed by atoms with van der Waals surface area (Å²) in [5.41, 5.74) is 0.824. The molecule has 2 aromatic carbocycles. The van der Waals surface area contributed by atoms with Gasteiger partial charge < -0.3 is 9.47 Å². The highest BCUT2D eigenvalue weighted by Crippen LogP contribution is 2.32. The van der Waals surface area contributed by atoms with Crippen molar-refractivity contribution in [2.75, 3.05) is 19.1 Å². The molecule has 2 amide bonds.